The first-order valence-electron chi connectivity index (χ1n) is 7.17. The van der Waals surface area contributed by atoms with Crippen LogP contribution in [0.1, 0.15) is 59.3 Å². The first-order valence-corrected chi connectivity index (χ1v) is 7.17. The summed E-state index contributed by atoms with van der Waals surface area (Å²) in [6.07, 6.45) is 8.32. The van der Waals surface area contributed by atoms with Crippen molar-refractivity contribution in [3.05, 3.63) is 12.7 Å². The van der Waals surface area contributed by atoms with Gasteiger partial charge in [0.25, 0.3) is 0 Å². The van der Waals surface area contributed by atoms with Crippen molar-refractivity contribution in [3.8, 4) is 0 Å². The second kappa shape index (κ2) is 9.59. The molecular weight excluding hydrogens is 240 g/mol. The third-order valence-electron chi connectivity index (χ3n) is 3.00. The van der Waals surface area contributed by atoms with E-state index in [0.717, 1.165) is 12.8 Å². The number of hydrogen-bond acceptors (Lipinski definition) is 2. The molecule has 0 aromatic rings. The van der Waals surface area contributed by atoms with E-state index in [4.69, 9.17) is 0 Å². The van der Waals surface area contributed by atoms with E-state index in [1.807, 2.05) is 0 Å². The highest BCUT2D eigenvalue weighted by Crippen LogP contribution is 2.05. The van der Waals surface area contributed by atoms with Gasteiger partial charge < -0.3 is 10.6 Å². The standard InChI is InChI=1S/C15H28N2O2/c1-5-7-8-9-10-11-12-16-14(19)15(3,4)17-13(18)6-2/h6H,2,5,7-12H2,1,3-4H3,(H,16,19)(H,17,18). The van der Waals surface area contributed by atoms with Gasteiger partial charge in [-0.15, -0.1) is 0 Å². The average molecular weight is 268 g/mol. The summed E-state index contributed by atoms with van der Waals surface area (Å²) >= 11 is 0. The Kier molecular flexibility index (Phi) is 8.92. The molecule has 0 saturated carbocycles. The maximum absolute atomic E-state index is 11.9. The molecule has 0 atom stereocenters. The Balaban J connectivity index is 3.78. The molecule has 0 aromatic heterocycles. The van der Waals surface area contributed by atoms with Crippen LogP contribution in [0.3, 0.4) is 0 Å². The van der Waals surface area contributed by atoms with E-state index in [2.05, 4.69) is 24.1 Å². The lowest BCUT2D eigenvalue weighted by atomic mass is 10.0. The summed E-state index contributed by atoms with van der Waals surface area (Å²) in [7, 11) is 0. The van der Waals surface area contributed by atoms with Gasteiger partial charge >= 0.3 is 0 Å². The number of amides is 2. The maximum atomic E-state index is 11.9. The molecule has 0 unspecified atom stereocenters. The predicted molar refractivity (Wildman–Crippen MR) is 78.8 cm³/mol. The van der Waals surface area contributed by atoms with E-state index in [9.17, 15) is 9.59 Å². The Bertz CT molecular complexity index is 299. The zero-order chi connectivity index (χ0) is 14.7. The number of nitrogens with one attached hydrogen (secondary N) is 2. The molecule has 0 aromatic carbocycles. The zero-order valence-corrected chi connectivity index (χ0v) is 12.6. The zero-order valence-electron chi connectivity index (χ0n) is 12.6. The molecule has 0 aliphatic carbocycles. The van der Waals surface area contributed by atoms with E-state index in [0.29, 0.717) is 6.54 Å². The van der Waals surface area contributed by atoms with Crippen LogP contribution in [-0.4, -0.2) is 23.9 Å². The number of rotatable bonds is 10. The molecule has 0 rings (SSSR count). The molecule has 0 heterocycles. The lowest BCUT2D eigenvalue weighted by Crippen LogP contribution is -2.54. The Labute approximate surface area is 117 Å². The normalized spacial score (nSPS) is 10.9. The van der Waals surface area contributed by atoms with Gasteiger partial charge in [-0.25, -0.2) is 0 Å². The average Bonchev–Trinajstić information content (AvgIpc) is 2.36. The van der Waals surface area contributed by atoms with Crippen molar-refractivity contribution in [2.45, 2.75) is 64.8 Å². The molecule has 0 fully saturated rings. The van der Waals surface area contributed by atoms with Crippen LogP contribution in [0.4, 0.5) is 0 Å². The molecule has 2 amide bonds. The molecule has 4 nitrogen and oxygen atoms in total. The van der Waals surface area contributed by atoms with Crippen molar-refractivity contribution in [3.63, 3.8) is 0 Å². The molecule has 4 heteroatoms. The Morgan fingerprint density at radius 1 is 1.11 bits per heavy atom. The smallest absolute Gasteiger partial charge is 0.245 e. The van der Waals surface area contributed by atoms with Crippen molar-refractivity contribution >= 4 is 11.8 Å². The number of carbonyl (C=O) groups is 2. The quantitative estimate of drug-likeness (QED) is 0.472. The Morgan fingerprint density at radius 3 is 2.26 bits per heavy atom. The summed E-state index contributed by atoms with van der Waals surface area (Å²) in [6.45, 7) is 9.60. The van der Waals surface area contributed by atoms with E-state index in [1.54, 1.807) is 13.8 Å². The number of hydrogen-bond donors (Lipinski definition) is 2. The molecule has 19 heavy (non-hydrogen) atoms. The van der Waals surface area contributed by atoms with Crippen LogP contribution in [0.2, 0.25) is 0 Å². The highest BCUT2D eigenvalue weighted by Gasteiger charge is 2.27. The van der Waals surface area contributed by atoms with Gasteiger partial charge in [0.15, 0.2) is 0 Å². The second-order valence-electron chi connectivity index (χ2n) is 5.34. The molecular formula is C15H28N2O2. The molecule has 110 valence electrons. The summed E-state index contributed by atoms with van der Waals surface area (Å²) in [5.74, 6) is -0.490. The van der Waals surface area contributed by atoms with Crippen LogP contribution in [0.15, 0.2) is 12.7 Å². The second-order valence-corrected chi connectivity index (χ2v) is 5.34. The molecule has 0 aliphatic heterocycles. The van der Waals surface area contributed by atoms with Gasteiger partial charge in [0.05, 0.1) is 0 Å². The summed E-state index contributed by atoms with van der Waals surface area (Å²) < 4.78 is 0. The third kappa shape index (κ3) is 8.41. The minimum absolute atomic E-state index is 0.156. The van der Waals surface area contributed by atoms with E-state index in [-0.39, 0.29) is 11.8 Å². The molecule has 0 bridgehead atoms. The molecule has 0 radical (unpaired) electrons. The minimum atomic E-state index is -0.895. The summed E-state index contributed by atoms with van der Waals surface area (Å²) in [5, 5.41) is 5.46. The van der Waals surface area contributed by atoms with Gasteiger partial charge in [0.2, 0.25) is 11.8 Å². The highest BCUT2D eigenvalue weighted by atomic mass is 16.2. The van der Waals surface area contributed by atoms with Crippen LogP contribution in [0.5, 0.6) is 0 Å². The van der Waals surface area contributed by atoms with Gasteiger partial charge in [-0.05, 0) is 26.3 Å². The number of carbonyl (C=O) groups excluding carboxylic acids is 2. The minimum Gasteiger partial charge on any atom is -0.354 e. The molecule has 2 N–H and O–H groups in total. The van der Waals surface area contributed by atoms with Crippen LogP contribution < -0.4 is 10.6 Å². The molecule has 0 saturated heterocycles. The molecule has 0 aliphatic rings. The van der Waals surface area contributed by atoms with E-state index < -0.39 is 5.54 Å². The Hall–Kier alpha value is -1.32. The lowest BCUT2D eigenvalue weighted by molar-refractivity contribution is -0.130. The van der Waals surface area contributed by atoms with Crippen molar-refractivity contribution < 1.29 is 9.59 Å². The fourth-order valence-corrected chi connectivity index (χ4v) is 1.74. The molecule has 0 spiro atoms. The van der Waals surface area contributed by atoms with Crippen molar-refractivity contribution in [1.82, 2.24) is 10.6 Å². The Morgan fingerprint density at radius 2 is 1.68 bits per heavy atom. The highest BCUT2D eigenvalue weighted by molar-refractivity contribution is 5.94. The lowest BCUT2D eigenvalue weighted by Gasteiger charge is -2.24. The fraction of sp³-hybridized carbons (Fsp3) is 0.733. The SMILES string of the molecule is C=CC(=O)NC(C)(C)C(=O)NCCCCCCCC. The van der Waals surface area contributed by atoms with Gasteiger partial charge in [-0.2, -0.15) is 0 Å². The fourth-order valence-electron chi connectivity index (χ4n) is 1.74. The van der Waals surface area contributed by atoms with Gasteiger partial charge in [0.1, 0.15) is 5.54 Å². The first kappa shape index (κ1) is 17.7. The third-order valence-corrected chi connectivity index (χ3v) is 3.00. The summed E-state index contributed by atoms with van der Waals surface area (Å²) in [4.78, 5) is 23.1. The number of unbranched alkanes of at least 4 members (excludes halogenated alkanes) is 5. The van der Waals surface area contributed by atoms with Crippen LogP contribution in [0, 0.1) is 0 Å². The largest absolute Gasteiger partial charge is 0.354 e. The van der Waals surface area contributed by atoms with Crippen LogP contribution >= 0.6 is 0 Å². The topological polar surface area (TPSA) is 58.2 Å². The summed E-state index contributed by atoms with van der Waals surface area (Å²) in [6, 6.07) is 0. The van der Waals surface area contributed by atoms with E-state index >= 15 is 0 Å². The van der Waals surface area contributed by atoms with Gasteiger partial charge in [0, 0.05) is 6.54 Å². The maximum Gasteiger partial charge on any atom is 0.245 e. The van der Waals surface area contributed by atoms with Crippen LogP contribution in [0.25, 0.3) is 0 Å². The van der Waals surface area contributed by atoms with E-state index in [1.165, 1.54) is 31.8 Å². The van der Waals surface area contributed by atoms with Crippen molar-refractivity contribution in [2.75, 3.05) is 6.54 Å². The van der Waals surface area contributed by atoms with Gasteiger partial charge in [-0.3, -0.25) is 9.59 Å². The van der Waals surface area contributed by atoms with Crippen molar-refractivity contribution in [2.24, 2.45) is 0 Å². The van der Waals surface area contributed by atoms with Crippen LogP contribution in [-0.2, 0) is 9.59 Å². The summed E-state index contributed by atoms with van der Waals surface area (Å²) in [5.41, 5.74) is -0.895. The van der Waals surface area contributed by atoms with Gasteiger partial charge in [-0.1, -0.05) is 45.6 Å². The monoisotopic (exact) mass is 268 g/mol. The predicted octanol–water partition coefficient (Wildman–Crippen LogP) is 2.54. The van der Waals surface area contributed by atoms with Crippen molar-refractivity contribution in [1.29, 1.82) is 0 Å². The first-order chi connectivity index (χ1) is 8.94.